The van der Waals surface area contributed by atoms with Crippen LogP contribution in [-0.2, 0) is 7.05 Å². The molecule has 2 rings (SSSR count). The minimum Gasteiger partial charge on any atom is -0.497 e. The number of carbonyl (C=O) groups excluding carboxylic acids is 1. The van der Waals surface area contributed by atoms with Crippen molar-refractivity contribution < 1.29 is 9.53 Å². The Labute approximate surface area is 113 Å². The van der Waals surface area contributed by atoms with E-state index in [4.69, 9.17) is 4.74 Å². The molecule has 1 aromatic carbocycles. The average Bonchev–Trinajstić information content (AvgIpc) is 2.78. The number of anilines is 1. The Balaban J connectivity index is 2.24. The summed E-state index contributed by atoms with van der Waals surface area (Å²) < 4.78 is 7.56. The van der Waals surface area contributed by atoms with Gasteiger partial charge in [-0.05, 0) is 28.1 Å². The van der Waals surface area contributed by atoms with Crippen molar-refractivity contribution in [2.45, 2.75) is 0 Å². The summed E-state index contributed by atoms with van der Waals surface area (Å²) in [6.07, 6.45) is 3.10. The van der Waals surface area contributed by atoms with Crippen molar-refractivity contribution in [3.8, 4) is 5.75 Å². The van der Waals surface area contributed by atoms with Gasteiger partial charge in [-0.2, -0.15) is 0 Å². The number of hydrogen-bond acceptors (Lipinski definition) is 3. The molecule has 0 saturated carbocycles. The standard InChI is InChI=1S/C12H12BrN3O2/c1-16-7-14-6-11(16)12(17)15-10-5-8(18-2)3-4-9(10)13/h3-7H,1-2H3,(H,15,17). The quantitative estimate of drug-likeness (QED) is 0.947. The van der Waals surface area contributed by atoms with Crippen molar-refractivity contribution in [1.82, 2.24) is 9.55 Å². The van der Waals surface area contributed by atoms with Gasteiger partial charge in [0.05, 0.1) is 25.3 Å². The van der Waals surface area contributed by atoms with Crippen LogP contribution in [-0.4, -0.2) is 22.6 Å². The Bertz CT molecular complexity index is 580. The number of nitrogens with zero attached hydrogens (tertiary/aromatic N) is 2. The SMILES string of the molecule is COc1ccc(Br)c(NC(=O)c2cncn2C)c1. The summed E-state index contributed by atoms with van der Waals surface area (Å²) in [6.45, 7) is 0. The van der Waals surface area contributed by atoms with E-state index >= 15 is 0 Å². The van der Waals surface area contributed by atoms with Crippen LogP contribution >= 0.6 is 15.9 Å². The lowest BCUT2D eigenvalue weighted by Gasteiger charge is -2.09. The maximum atomic E-state index is 12.0. The number of hydrogen-bond donors (Lipinski definition) is 1. The van der Waals surface area contributed by atoms with Crippen molar-refractivity contribution in [2.24, 2.45) is 7.05 Å². The van der Waals surface area contributed by atoms with Crippen molar-refractivity contribution >= 4 is 27.5 Å². The van der Waals surface area contributed by atoms with Crippen molar-refractivity contribution in [2.75, 3.05) is 12.4 Å². The van der Waals surface area contributed by atoms with Crippen LogP contribution in [0.2, 0.25) is 0 Å². The monoisotopic (exact) mass is 309 g/mol. The van der Waals surface area contributed by atoms with Gasteiger partial charge in [0.2, 0.25) is 0 Å². The van der Waals surface area contributed by atoms with E-state index in [1.165, 1.54) is 6.20 Å². The zero-order valence-corrected chi connectivity index (χ0v) is 11.6. The van der Waals surface area contributed by atoms with E-state index in [0.29, 0.717) is 17.1 Å². The number of aryl methyl sites for hydroxylation is 1. The highest BCUT2D eigenvalue weighted by atomic mass is 79.9. The molecule has 18 heavy (non-hydrogen) atoms. The van der Waals surface area contributed by atoms with Gasteiger partial charge in [-0.15, -0.1) is 0 Å². The molecule has 0 aliphatic carbocycles. The second-order valence-corrected chi connectivity index (χ2v) is 4.54. The van der Waals surface area contributed by atoms with E-state index in [2.05, 4.69) is 26.2 Å². The normalized spacial score (nSPS) is 10.2. The summed E-state index contributed by atoms with van der Waals surface area (Å²) in [5.41, 5.74) is 1.14. The molecule has 5 nitrogen and oxygen atoms in total. The highest BCUT2D eigenvalue weighted by Gasteiger charge is 2.12. The highest BCUT2D eigenvalue weighted by molar-refractivity contribution is 9.10. The van der Waals surface area contributed by atoms with Crippen LogP contribution in [0.15, 0.2) is 35.2 Å². The number of carbonyl (C=O) groups is 1. The molecule has 0 bridgehead atoms. The summed E-state index contributed by atoms with van der Waals surface area (Å²) in [6, 6.07) is 5.37. The molecular weight excluding hydrogens is 298 g/mol. The molecular formula is C12H12BrN3O2. The maximum absolute atomic E-state index is 12.0. The fourth-order valence-corrected chi connectivity index (χ4v) is 1.84. The molecule has 1 heterocycles. The Morgan fingerprint density at radius 2 is 2.28 bits per heavy atom. The first-order chi connectivity index (χ1) is 8.61. The minimum absolute atomic E-state index is 0.219. The van der Waals surface area contributed by atoms with Gasteiger partial charge in [-0.3, -0.25) is 4.79 Å². The van der Waals surface area contributed by atoms with Crippen LogP contribution in [0.3, 0.4) is 0 Å². The molecule has 6 heteroatoms. The first kappa shape index (κ1) is 12.6. The number of nitrogens with one attached hydrogen (secondary N) is 1. The zero-order valence-electron chi connectivity index (χ0n) is 9.98. The maximum Gasteiger partial charge on any atom is 0.273 e. The van der Waals surface area contributed by atoms with Crippen LogP contribution in [0.4, 0.5) is 5.69 Å². The summed E-state index contributed by atoms with van der Waals surface area (Å²) in [7, 11) is 3.35. The number of halogens is 1. The third-order valence-corrected chi connectivity index (χ3v) is 3.16. The van der Waals surface area contributed by atoms with Crippen LogP contribution in [0, 0.1) is 0 Å². The van der Waals surface area contributed by atoms with Crippen molar-refractivity contribution in [1.29, 1.82) is 0 Å². The van der Waals surface area contributed by atoms with Gasteiger partial charge >= 0.3 is 0 Å². The fourth-order valence-electron chi connectivity index (χ4n) is 1.49. The zero-order chi connectivity index (χ0) is 13.1. The lowest BCUT2D eigenvalue weighted by Crippen LogP contribution is -2.15. The smallest absolute Gasteiger partial charge is 0.273 e. The first-order valence-electron chi connectivity index (χ1n) is 5.23. The summed E-state index contributed by atoms with van der Waals surface area (Å²) in [5, 5.41) is 2.80. The molecule has 0 fully saturated rings. The third-order valence-electron chi connectivity index (χ3n) is 2.47. The van der Waals surface area contributed by atoms with Crippen molar-refractivity contribution in [3.63, 3.8) is 0 Å². The van der Waals surface area contributed by atoms with Gasteiger partial charge in [0.1, 0.15) is 11.4 Å². The number of amides is 1. The minimum atomic E-state index is -0.219. The predicted octanol–water partition coefficient (Wildman–Crippen LogP) is 2.44. The molecule has 0 aliphatic rings. The topological polar surface area (TPSA) is 56.1 Å². The fraction of sp³-hybridized carbons (Fsp3) is 0.167. The molecule has 0 atom stereocenters. The van der Waals surface area contributed by atoms with E-state index in [1.54, 1.807) is 31.1 Å². The van der Waals surface area contributed by atoms with E-state index < -0.39 is 0 Å². The molecule has 0 aliphatic heterocycles. The third kappa shape index (κ3) is 2.53. The van der Waals surface area contributed by atoms with Gasteiger partial charge in [0.25, 0.3) is 5.91 Å². The van der Waals surface area contributed by atoms with E-state index in [0.717, 1.165) is 4.47 Å². The van der Waals surface area contributed by atoms with Crippen LogP contribution < -0.4 is 10.1 Å². The molecule has 1 N–H and O–H groups in total. The van der Waals surface area contributed by atoms with Gasteiger partial charge in [0.15, 0.2) is 0 Å². The number of imidazole rings is 1. The molecule has 1 amide bonds. The van der Waals surface area contributed by atoms with E-state index in [1.807, 2.05) is 12.1 Å². The van der Waals surface area contributed by atoms with E-state index in [9.17, 15) is 4.79 Å². The van der Waals surface area contributed by atoms with Crippen LogP contribution in [0.5, 0.6) is 5.75 Å². The molecule has 0 saturated heterocycles. The van der Waals surface area contributed by atoms with Crippen molar-refractivity contribution in [3.05, 3.63) is 40.9 Å². The molecule has 0 radical (unpaired) electrons. The van der Waals surface area contributed by atoms with Crippen LogP contribution in [0.1, 0.15) is 10.5 Å². The van der Waals surface area contributed by atoms with E-state index in [-0.39, 0.29) is 5.91 Å². The second-order valence-electron chi connectivity index (χ2n) is 3.69. The van der Waals surface area contributed by atoms with Gasteiger partial charge in [0, 0.05) is 17.6 Å². The lowest BCUT2D eigenvalue weighted by atomic mass is 10.3. The Morgan fingerprint density at radius 1 is 1.50 bits per heavy atom. The molecule has 1 aromatic heterocycles. The second kappa shape index (κ2) is 5.22. The van der Waals surface area contributed by atoms with Gasteiger partial charge < -0.3 is 14.6 Å². The number of ether oxygens (including phenoxy) is 1. The van der Waals surface area contributed by atoms with Gasteiger partial charge in [-0.25, -0.2) is 4.98 Å². The Hall–Kier alpha value is -1.82. The van der Waals surface area contributed by atoms with Gasteiger partial charge in [-0.1, -0.05) is 0 Å². The first-order valence-corrected chi connectivity index (χ1v) is 6.02. The number of methoxy groups -OCH3 is 1. The Kier molecular flexibility index (Phi) is 3.66. The highest BCUT2D eigenvalue weighted by Crippen LogP contribution is 2.27. The number of aromatic nitrogens is 2. The number of rotatable bonds is 3. The lowest BCUT2D eigenvalue weighted by molar-refractivity contribution is 0.101. The average molecular weight is 310 g/mol. The summed E-state index contributed by atoms with van der Waals surface area (Å²) in [5.74, 6) is 0.461. The molecule has 2 aromatic rings. The largest absolute Gasteiger partial charge is 0.497 e. The number of benzene rings is 1. The molecule has 0 spiro atoms. The molecule has 94 valence electrons. The Morgan fingerprint density at radius 3 is 2.89 bits per heavy atom. The molecule has 0 unspecified atom stereocenters. The van der Waals surface area contributed by atoms with Crippen LogP contribution in [0.25, 0.3) is 0 Å². The summed E-state index contributed by atoms with van der Waals surface area (Å²) in [4.78, 5) is 15.9. The predicted molar refractivity (Wildman–Crippen MR) is 71.9 cm³/mol. The summed E-state index contributed by atoms with van der Waals surface area (Å²) >= 11 is 3.38.